The monoisotopic (exact) mass is 389 g/mol. The molecule has 0 unspecified atom stereocenters. The van der Waals surface area contributed by atoms with Crippen LogP contribution in [0.4, 0.5) is 0 Å². The van der Waals surface area contributed by atoms with E-state index in [1.54, 1.807) is 33.1 Å². The minimum absolute atomic E-state index is 0.149. The number of halogens is 1. The Morgan fingerprint density at radius 1 is 1.23 bits per heavy atom. The zero-order valence-electron chi connectivity index (χ0n) is 14.1. The first-order valence-corrected chi connectivity index (χ1v) is 9.36. The van der Waals surface area contributed by atoms with Gasteiger partial charge in [-0.1, -0.05) is 11.6 Å². The maximum Gasteiger partial charge on any atom is 0.274 e. The molecule has 4 rings (SSSR count). The van der Waals surface area contributed by atoms with Crippen LogP contribution in [0, 0.1) is 6.92 Å². The SMILES string of the molecule is Cc1ccc2c(=O)n(-c3ccc(Cl)c(C(=O)N4CCOCC4)c3)sc2n1. The number of nitrogens with zero attached hydrogens (tertiary/aromatic N) is 3. The number of pyridine rings is 1. The number of carbonyl (C=O) groups is 1. The van der Waals surface area contributed by atoms with E-state index in [2.05, 4.69) is 4.98 Å². The molecule has 1 fully saturated rings. The van der Waals surface area contributed by atoms with Gasteiger partial charge in [-0.15, -0.1) is 0 Å². The van der Waals surface area contributed by atoms with Crippen LogP contribution in [-0.2, 0) is 4.74 Å². The van der Waals surface area contributed by atoms with Crippen molar-refractivity contribution in [3.8, 4) is 5.69 Å². The Balaban J connectivity index is 1.78. The van der Waals surface area contributed by atoms with E-state index in [9.17, 15) is 9.59 Å². The van der Waals surface area contributed by atoms with Crippen molar-refractivity contribution in [2.45, 2.75) is 6.92 Å². The molecule has 1 amide bonds. The van der Waals surface area contributed by atoms with Gasteiger partial charge in [0.25, 0.3) is 11.5 Å². The summed E-state index contributed by atoms with van der Waals surface area (Å²) in [7, 11) is 0. The molecule has 6 nitrogen and oxygen atoms in total. The van der Waals surface area contributed by atoms with Gasteiger partial charge in [-0.3, -0.25) is 9.59 Å². The number of morpholine rings is 1. The number of amides is 1. The zero-order valence-corrected chi connectivity index (χ0v) is 15.6. The van der Waals surface area contributed by atoms with Gasteiger partial charge in [-0.2, -0.15) is 0 Å². The fourth-order valence-corrected chi connectivity index (χ4v) is 4.12. The van der Waals surface area contributed by atoms with Crippen LogP contribution in [0.5, 0.6) is 0 Å². The second kappa shape index (κ2) is 6.83. The van der Waals surface area contributed by atoms with Crippen molar-refractivity contribution in [1.82, 2.24) is 13.8 Å². The third-order valence-electron chi connectivity index (χ3n) is 4.31. The Morgan fingerprint density at radius 3 is 2.77 bits per heavy atom. The maximum absolute atomic E-state index is 12.8. The van der Waals surface area contributed by atoms with E-state index < -0.39 is 0 Å². The topological polar surface area (TPSA) is 64.4 Å². The molecular weight excluding hydrogens is 374 g/mol. The van der Waals surface area contributed by atoms with E-state index in [1.807, 2.05) is 13.0 Å². The number of hydrogen-bond acceptors (Lipinski definition) is 5. The standard InChI is InChI=1S/C18H16ClN3O3S/c1-11-2-4-13-16(20-11)26-22(18(13)24)12-3-5-15(19)14(10-12)17(23)21-6-8-25-9-7-21/h2-5,10H,6-9H2,1H3. The third-order valence-corrected chi connectivity index (χ3v) is 5.68. The van der Waals surface area contributed by atoms with Crippen molar-refractivity contribution in [1.29, 1.82) is 0 Å². The lowest BCUT2D eigenvalue weighted by atomic mass is 10.1. The molecule has 8 heteroatoms. The van der Waals surface area contributed by atoms with E-state index >= 15 is 0 Å². The molecule has 1 saturated heterocycles. The molecule has 0 radical (unpaired) electrons. The van der Waals surface area contributed by atoms with Crippen LogP contribution in [0.25, 0.3) is 15.9 Å². The first-order chi connectivity index (χ1) is 12.5. The second-order valence-corrected chi connectivity index (χ2v) is 7.41. The normalized spacial score (nSPS) is 14.8. The number of rotatable bonds is 2. The highest BCUT2D eigenvalue weighted by Crippen LogP contribution is 2.24. The lowest BCUT2D eigenvalue weighted by Crippen LogP contribution is -2.40. The second-order valence-electron chi connectivity index (χ2n) is 6.06. The van der Waals surface area contributed by atoms with Crippen molar-refractivity contribution in [3.05, 3.63) is 57.0 Å². The first kappa shape index (κ1) is 17.2. The summed E-state index contributed by atoms with van der Waals surface area (Å²) in [5.41, 5.74) is 1.70. The molecule has 0 N–H and O–H groups in total. The molecule has 0 spiro atoms. The Morgan fingerprint density at radius 2 is 2.00 bits per heavy atom. The minimum atomic E-state index is -0.150. The quantitative estimate of drug-likeness (QED) is 0.676. The highest BCUT2D eigenvalue weighted by molar-refractivity contribution is 7.13. The van der Waals surface area contributed by atoms with Gasteiger partial charge in [0, 0.05) is 18.8 Å². The molecule has 134 valence electrons. The molecule has 0 atom stereocenters. The van der Waals surface area contributed by atoms with E-state index in [1.165, 1.54) is 11.5 Å². The summed E-state index contributed by atoms with van der Waals surface area (Å²) in [5.74, 6) is -0.150. The molecule has 26 heavy (non-hydrogen) atoms. The average Bonchev–Trinajstić information content (AvgIpc) is 2.98. The fourth-order valence-electron chi connectivity index (χ4n) is 2.91. The van der Waals surface area contributed by atoms with Gasteiger partial charge in [-0.25, -0.2) is 8.94 Å². The molecule has 2 aromatic heterocycles. The minimum Gasteiger partial charge on any atom is -0.378 e. The van der Waals surface area contributed by atoms with Crippen LogP contribution in [0.15, 0.2) is 35.1 Å². The van der Waals surface area contributed by atoms with Crippen LogP contribution < -0.4 is 5.56 Å². The molecule has 3 heterocycles. The van der Waals surface area contributed by atoms with Crippen molar-refractivity contribution < 1.29 is 9.53 Å². The van der Waals surface area contributed by atoms with Gasteiger partial charge in [0.1, 0.15) is 4.83 Å². The van der Waals surface area contributed by atoms with Crippen LogP contribution >= 0.6 is 23.1 Å². The summed E-state index contributed by atoms with van der Waals surface area (Å²) in [6.45, 7) is 3.99. The van der Waals surface area contributed by atoms with Crippen LogP contribution in [-0.4, -0.2) is 46.1 Å². The smallest absolute Gasteiger partial charge is 0.274 e. The number of ether oxygens (including phenoxy) is 1. The molecule has 1 aliphatic rings. The average molecular weight is 390 g/mol. The van der Waals surface area contributed by atoms with E-state index in [0.29, 0.717) is 52.8 Å². The Kier molecular flexibility index (Phi) is 4.52. The summed E-state index contributed by atoms with van der Waals surface area (Å²) in [6.07, 6.45) is 0. The van der Waals surface area contributed by atoms with Gasteiger partial charge >= 0.3 is 0 Å². The Bertz CT molecular complexity index is 1050. The third kappa shape index (κ3) is 3.02. The predicted molar refractivity (Wildman–Crippen MR) is 102 cm³/mol. The van der Waals surface area contributed by atoms with E-state index in [-0.39, 0.29) is 11.5 Å². The van der Waals surface area contributed by atoms with Crippen LogP contribution in [0.2, 0.25) is 5.02 Å². The first-order valence-electron chi connectivity index (χ1n) is 8.21. The number of fused-ring (bicyclic) bond motifs is 1. The van der Waals surface area contributed by atoms with Gasteiger partial charge in [0.2, 0.25) is 0 Å². The lowest BCUT2D eigenvalue weighted by molar-refractivity contribution is 0.0303. The Hall–Kier alpha value is -2.22. The number of carbonyl (C=O) groups excluding carboxylic acids is 1. The van der Waals surface area contributed by atoms with Crippen molar-refractivity contribution in [2.24, 2.45) is 0 Å². The summed E-state index contributed by atoms with van der Waals surface area (Å²) in [4.78, 5) is 32.3. The lowest BCUT2D eigenvalue weighted by Gasteiger charge is -2.27. The summed E-state index contributed by atoms with van der Waals surface area (Å²) in [5, 5.41) is 0.935. The fraction of sp³-hybridized carbons (Fsp3) is 0.278. The molecule has 0 saturated carbocycles. The molecule has 0 aliphatic carbocycles. The van der Waals surface area contributed by atoms with Gasteiger partial charge in [0.05, 0.1) is 34.9 Å². The predicted octanol–water partition coefficient (Wildman–Crippen LogP) is 2.88. The van der Waals surface area contributed by atoms with Gasteiger partial charge in [-0.05, 0) is 48.8 Å². The van der Waals surface area contributed by atoms with Crippen molar-refractivity contribution >= 4 is 39.3 Å². The summed E-state index contributed by atoms with van der Waals surface area (Å²) < 4.78 is 6.84. The molecular formula is C18H16ClN3O3S. The van der Waals surface area contributed by atoms with E-state index in [4.69, 9.17) is 16.3 Å². The molecule has 3 aromatic rings. The number of aromatic nitrogens is 2. The Labute approximate surface area is 158 Å². The largest absolute Gasteiger partial charge is 0.378 e. The molecule has 1 aromatic carbocycles. The number of hydrogen-bond donors (Lipinski definition) is 0. The van der Waals surface area contributed by atoms with E-state index in [0.717, 1.165) is 5.69 Å². The van der Waals surface area contributed by atoms with Crippen LogP contribution in [0.1, 0.15) is 16.1 Å². The highest BCUT2D eigenvalue weighted by atomic mass is 35.5. The maximum atomic E-state index is 12.8. The highest BCUT2D eigenvalue weighted by Gasteiger charge is 2.22. The molecule has 1 aliphatic heterocycles. The van der Waals surface area contributed by atoms with Crippen molar-refractivity contribution in [2.75, 3.05) is 26.3 Å². The summed E-state index contributed by atoms with van der Waals surface area (Å²) in [6, 6.07) is 8.66. The summed E-state index contributed by atoms with van der Waals surface area (Å²) >= 11 is 7.52. The molecule has 0 bridgehead atoms. The van der Waals surface area contributed by atoms with Gasteiger partial charge < -0.3 is 9.64 Å². The van der Waals surface area contributed by atoms with Crippen molar-refractivity contribution in [3.63, 3.8) is 0 Å². The zero-order chi connectivity index (χ0) is 18.3. The number of aryl methyl sites for hydroxylation is 1. The van der Waals surface area contributed by atoms with Gasteiger partial charge in [0.15, 0.2) is 0 Å². The van der Waals surface area contributed by atoms with Crippen LogP contribution in [0.3, 0.4) is 0 Å². The number of benzene rings is 1.